The zero-order valence-electron chi connectivity index (χ0n) is 11.2. The van der Waals surface area contributed by atoms with Crippen LogP contribution in [0.25, 0.3) is 0 Å². The van der Waals surface area contributed by atoms with E-state index in [2.05, 4.69) is 10.3 Å². The average molecular weight is 347 g/mol. The highest BCUT2D eigenvalue weighted by molar-refractivity contribution is 7.13. The van der Waals surface area contributed by atoms with Crippen molar-refractivity contribution in [3.05, 3.63) is 45.4 Å². The van der Waals surface area contributed by atoms with Crippen molar-refractivity contribution in [2.45, 2.75) is 6.92 Å². The highest BCUT2D eigenvalue weighted by atomic mass is 35.5. The maximum atomic E-state index is 13.1. The molecule has 0 spiro atoms. The van der Waals surface area contributed by atoms with E-state index in [-0.39, 0.29) is 10.6 Å². The maximum Gasteiger partial charge on any atom is 0.340 e. The molecule has 1 N–H and O–H groups in total. The van der Waals surface area contributed by atoms with Crippen LogP contribution in [0.1, 0.15) is 16.1 Å². The zero-order valence-corrected chi connectivity index (χ0v) is 12.7. The Morgan fingerprint density at radius 1 is 1.36 bits per heavy atom. The van der Waals surface area contributed by atoms with Crippen molar-refractivity contribution in [3.63, 3.8) is 0 Å². The molecule has 1 amide bonds. The third-order valence-corrected chi connectivity index (χ3v) is 3.62. The van der Waals surface area contributed by atoms with Gasteiger partial charge in [0.1, 0.15) is 0 Å². The molecule has 0 bridgehead atoms. The van der Waals surface area contributed by atoms with Gasteiger partial charge in [0.05, 0.1) is 16.3 Å². The van der Waals surface area contributed by atoms with Gasteiger partial charge in [-0.3, -0.25) is 10.1 Å². The summed E-state index contributed by atoms with van der Waals surface area (Å²) in [5.41, 5.74) is 0.379. The normalized spacial score (nSPS) is 10.4. The fraction of sp³-hybridized carbons (Fsp3) is 0.154. The molecule has 5 nitrogen and oxygen atoms in total. The number of nitrogens with one attached hydrogen (secondary N) is 1. The fourth-order valence-corrected chi connectivity index (χ4v) is 2.39. The molecule has 22 heavy (non-hydrogen) atoms. The van der Waals surface area contributed by atoms with E-state index < -0.39 is 30.1 Å². The standard InChI is InChI=1S/C13H9ClF2N2O3S/c1-6-5-22-13(17-6)18-11(19)4-21-12(20)7-2-9(15)10(16)3-8(7)14/h2-3,5H,4H2,1H3,(H,17,18,19). The molecule has 1 heterocycles. The number of carbonyl (C=O) groups is 2. The number of halogens is 3. The molecule has 0 aliphatic carbocycles. The first kappa shape index (κ1) is 16.3. The van der Waals surface area contributed by atoms with Gasteiger partial charge in [0.2, 0.25) is 0 Å². The smallest absolute Gasteiger partial charge is 0.340 e. The summed E-state index contributed by atoms with van der Waals surface area (Å²) >= 11 is 6.85. The van der Waals surface area contributed by atoms with Crippen LogP contribution in [0, 0.1) is 18.6 Å². The minimum Gasteiger partial charge on any atom is -0.452 e. The molecular weight excluding hydrogens is 338 g/mol. The molecule has 116 valence electrons. The van der Waals surface area contributed by atoms with E-state index in [1.807, 2.05) is 0 Å². The largest absolute Gasteiger partial charge is 0.452 e. The summed E-state index contributed by atoms with van der Waals surface area (Å²) in [4.78, 5) is 27.3. The van der Waals surface area contributed by atoms with E-state index in [0.29, 0.717) is 17.3 Å². The number of amides is 1. The van der Waals surface area contributed by atoms with Gasteiger partial charge in [-0.1, -0.05) is 11.6 Å². The number of aromatic nitrogens is 1. The van der Waals surface area contributed by atoms with Gasteiger partial charge in [0.25, 0.3) is 5.91 Å². The van der Waals surface area contributed by atoms with Crippen molar-refractivity contribution < 1.29 is 23.1 Å². The summed E-state index contributed by atoms with van der Waals surface area (Å²) in [6.45, 7) is 1.16. The average Bonchev–Trinajstić information content (AvgIpc) is 2.85. The Labute approximate surface area is 132 Å². The third kappa shape index (κ3) is 3.99. The summed E-state index contributed by atoms with van der Waals surface area (Å²) in [7, 11) is 0. The topological polar surface area (TPSA) is 68.3 Å². The van der Waals surface area contributed by atoms with Gasteiger partial charge in [-0.2, -0.15) is 0 Å². The van der Waals surface area contributed by atoms with Crippen LogP contribution in [0.15, 0.2) is 17.5 Å². The summed E-state index contributed by atoms with van der Waals surface area (Å²) < 4.78 is 30.7. The first-order valence-electron chi connectivity index (χ1n) is 5.90. The molecule has 2 rings (SSSR count). The van der Waals surface area contributed by atoms with Crippen LogP contribution in [-0.4, -0.2) is 23.5 Å². The minimum atomic E-state index is -1.24. The van der Waals surface area contributed by atoms with Crippen molar-refractivity contribution >= 4 is 39.9 Å². The van der Waals surface area contributed by atoms with Crippen LogP contribution in [-0.2, 0) is 9.53 Å². The molecule has 0 saturated heterocycles. The van der Waals surface area contributed by atoms with E-state index in [1.54, 1.807) is 12.3 Å². The molecule has 1 aromatic heterocycles. The van der Waals surface area contributed by atoms with Crippen molar-refractivity contribution in [3.8, 4) is 0 Å². The molecule has 0 unspecified atom stereocenters. The van der Waals surface area contributed by atoms with Crippen molar-refractivity contribution in [1.82, 2.24) is 4.98 Å². The number of rotatable bonds is 4. The predicted octanol–water partition coefficient (Wildman–Crippen LogP) is 3.18. The third-order valence-electron chi connectivity index (χ3n) is 2.43. The second-order valence-electron chi connectivity index (χ2n) is 4.16. The first-order chi connectivity index (χ1) is 10.4. The lowest BCUT2D eigenvalue weighted by molar-refractivity contribution is -0.119. The van der Waals surface area contributed by atoms with E-state index in [1.165, 1.54) is 11.3 Å². The van der Waals surface area contributed by atoms with Crippen LogP contribution >= 0.6 is 22.9 Å². The molecular formula is C13H9ClF2N2O3S. The zero-order chi connectivity index (χ0) is 16.3. The summed E-state index contributed by atoms with van der Waals surface area (Å²) in [6, 6.07) is 1.27. The molecule has 0 fully saturated rings. The van der Waals surface area contributed by atoms with Crippen LogP contribution in [0.3, 0.4) is 0 Å². The molecule has 1 aromatic carbocycles. The number of hydrogen-bond acceptors (Lipinski definition) is 5. The van der Waals surface area contributed by atoms with E-state index >= 15 is 0 Å². The molecule has 0 aliphatic rings. The van der Waals surface area contributed by atoms with Gasteiger partial charge in [0, 0.05) is 5.38 Å². The number of benzene rings is 1. The van der Waals surface area contributed by atoms with Crippen LogP contribution < -0.4 is 5.32 Å². The van der Waals surface area contributed by atoms with E-state index in [9.17, 15) is 18.4 Å². The number of nitrogens with zero attached hydrogens (tertiary/aromatic N) is 1. The van der Waals surface area contributed by atoms with Crippen molar-refractivity contribution in [1.29, 1.82) is 0 Å². The van der Waals surface area contributed by atoms with Gasteiger partial charge >= 0.3 is 5.97 Å². The predicted molar refractivity (Wildman–Crippen MR) is 77.1 cm³/mol. The lowest BCUT2D eigenvalue weighted by Crippen LogP contribution is -2.21. The second kappa shape index (κ2) is 6.80. The second-order valence-corrected chi connectivity index (χ2v) is 5.43. The van der Waals surface area contributed by atoms with Crippen LogP contribution in [0.5, 0.6) is 0 Å². The Morgan fingerprint density at radius 2 is 2.05 bits per heavy atom. The minimum absolute atomic E-state index is 0.306. The number of aryl methyl sites for hydroxylation is 1. The number of ether oxygens (including phenoxy) is 1. The van der Waals surface area contributed by atoms with E-state index in [0.717, 1.165) is 5.69 Å². The van der Waals surface area contributed by atoms with Gasteiger partial charge in [-0.15, -0.1) is 11.3 Å². The van der Waals surface area contributed by atoms with Gasteiger partial charge < -0.3 is 4.74 Å². The van der Waals surface area contributed by atoms with Gasteiger partial charge in [-0.25, -0.2) is 18.6 Å². The molecule has 0 saturated carbocycles. The summed E-state index contributed by atoms with van der Waals surface area (Å²) in [5, 5.41) is 4.23. The van der Waals surface area contributed by atoms with Crippen LogP contribution in [0.2, 0.25) is 5.02 Å². The number of anilines is 1. The quantitative estimate of drug-likeness (QED) is 0.682. The highest BCUT2D eigenvalue weighted by Crippen LogP contribution is 2.21. The van der Waals surface area contributed by atoms with Crippen LogP contribution in [0.4, 0.5) is 13.9 Å². The Balaban J connectivity index is 1.95. The summed E-state index contributed by atoms with van der Waals surface area (Å²) in [6.07, 6.45) is 0. The van der Waals surface area contributed by atoms with Crippen molar-refractivity contribution in [2.75, 3.05) is 11.9 Å². The molecule has 9 heteroatoms. The number of hydrogen-bond donors (Lipinski definition) is 1. The molecule has 0 aliphatic heterocycles. The fourth-order valence-electron chi connectivity index (χ4n) is 1.45. The molecule has 0 atom stereocenters. The number of esters is 1. The Bertz CT molecular complexity index is 736. The van der Waals surface area contributed by atoms with Gasteiger partial charge in [0.15, 0.2) is 23.4 Å². The monoisotopic (exact) mass is 346 g/mol. The van der Waals surface area contributed by atoms with E-state index in [4.69, 9.17) is 16.3 Å². The lowest BCUT2D eigenvalue weighted by atomic mass is 10.2. The first-order valence-corrected chi connectivity index (χ1v) is 7.16. The number of carbonyl (C=O) groups excluding carboxylic acids is 2. The van der Waals surface area contributed by atoms with Crippen molar-refractivity contribution in [2.24, 2.45) is 0 Å². The molecule has 2 aromatic rings. The SMILES string of the molecule is Cc1csc(NC(=O)COC(=O)c2cc(F)c(F)cc2Cl)n1. The molecule has 0 radical (unpaired) electrons. The van der Waals surface area contributed by atoms with Gasteiger partial charge in [-0.05, 0) is 19.1 Å². The Kier molecular flexibility index (Phi) is 5.04. The summed E-state index contributed by atoms with van der Waals surface area (Å²) in [5.74, 6) is -4.06. The Hall–Kier alpha value is -2.06. The maximum absolute atomic E-state index is 13.1. The number of thiazole rings is 1. The lowest BCUT2D eigenvalue weighted by Gasteiger charge is -2.06. The Morgan fingerprint density at radius 3 is 2.68 bits per heavy atom. The highest BCUT2D eigenvalue weighted by Gasteiger charge is 2.17.